The quantitative estimate of drug-likeness (QED) is 0.607. The van der Waals surface area contributed by atoms with Gasteiger partial charge in [-0.1, -0.05) is 29.8 Å². The van der Waals surface area contributed by atoms with Crippen LogP contribution in [0.2, 0.25) is 5.02 Å². The van der Waals surface area contributed by atoms with Crippen molar-refractivity contribution in [3.8, 4) is 0 Å². The molecule has 0 fully saturated rings. The predicted octanol–water partition coefficient (Wildman–Crippen LogP) is 2.32. The summed E-state index contributed by atoms with van der Waals surface area (Å²) in [6.07, 6.45) is 0. The van der Waals surface area contributed by atoms with Crippen molar-refractivity contribution >= 4 is 38.2 Å². The van der Waals surface area contributed by atoms with Crippen LogP contribution in [0.4, 0.5) is 5.69 Å². The van der Waals surface area contributed by atoms with Crippen LogP contribution < -0.4 is 5.73 Å². The lowest BCUT2D eigenvalue weighted by Gasteiger charge is -2.07. The van der Waals surface area contributed by atoms with Gasteiger partial charge < -0.3 is 5.73 Å². The highest BCUT2D eigenvalue weighted by molar-refractivity contribution is 7.86. The molecule has 16 heavy (non-hydrogen) atoms. The maximum atomic E-state index is 11.2. The summed E-state index contributed by atoms with van der Waals surface area (Å²) in [6, 6.07) is 7.72. The Morgan fingerprint density at radius 3 is 2.50 bits per heavy atom. The molecule has 0 amide bonds. The summed E-state index contributed by atoms with van der Waals surface area (Å²) in [4.78, 5) is -0.234. The minimum Gasteiger partial charge on any atom is -0.398 e. The lowest BCUT2D eigenvalue weighted by atomic mass is 10.1. The highest BCUT2D eigenvalue weighted by atomic mass is 35.5. The van der Waals surface area contributed by atoms with E-state index in [1.165, 1.54) is 12.1 Å². The number of hydrogen-bond acceptors (Lipinski definition) is 3. The van der Waals surface area contributed by atoms with Crippen molar-refractivity contribution in [2.24, 2.45) is 0 Å². The Kier molecular flexibility index (Phi) is 2.53. The Bertz CT molecular complexity index is 667. The van der Waals surface area contributed by atoms with Gasteiger partial charge >= 0.3 is 0 Å². The van der Waals surface area contributed by atoms with Crippen molar-refractivity contribution in [2.45, 2.75) is 4.90 Å². The molecule has 4 nitrogen and oxygen atoms in total. The Morgan fingerprint density at radius 1 is 1.19 bits per heavy atom. The van der Waals surface area contributed by atoms with Gasteiger partial charge in [-0.15, -0.1) is 0 Å². The molecule has 84 valence electrons. The van der Waals surface area contributed by atoms with E-state index < -0.39 is 10.1 Å². The number of fused-ring (bicyclic) bond motifs is 1. The molecule has 0 unspecified atom stereocenters. The molecule has 3 N–H and O–H groups in total. The maximum absolute atomic E-state index is 11.2. The van der Waals surface area contributed by atoms with Gasteiger partial charge in [0, 0.05) is 5.39 Å². The molecule has 0 aliphatic carbocycles. The third-order valence-corrected chi connectivity index (χ3v) is 3.55. The second kappa shape index (κ2) is 3.62. The molecule has 2 rings (SSSR count). The molecule has 2 aromatic carbocycles. The summed E-state index contributed by atoms with van der Waals surface area (Å²) in [5, 5.41) is 0.978. The zero-order valence-electron chi connectivity index (χ0n) is 8.01. The van der Waals surface area contributed by atoms with Gasteiger partial charge in [0.25, 0.3) is 10.1 Å². The fraction of sp³-hybridized carbons (Fsp3) is 0. The molecule has 0 bridgehead atoms. The molecule has 6 heteroatoms. The molecule has 0 radical (unpaired) electrons. The van der Waals surface area contributed by atoms with E-state index in [4.69, 9.17) is 21.9 Å². The van der Waals surface area contributed by atoms with Crippen molar-refractivity contribution in [1.29, 1.82) is 0 Å². The summed E-state index contributed by atoms with van der Waals surface area (Å²) >= 11 is 5.94. The van der Waals surface area contributed by atoms with Gasteiger partial charge in [-0.3, -0.25) is 4.55 Å². The lowest BCUT2D eigenvalue weighted by Crippen LogP contribution is -2.00. The smallest absolute Gasteiger partial charge is 0.295 e. The molecular formula is C10H8ClNO3S. The molecule has 0 saturated heterocycles. The summed E-state index contributed by atoms with van der Waals surface area (Å²) in [6.45, 7) is 0. The van der Waals surface area contributed by atoms with Crippen molar-refractivity contribution in [3.63, 3.8) is 0 Å². The summed E-state index contributed by atoms with van der Waals surface area (Å²) < 4.78 is 31.4. The highest BCUT2D eigenvalue weighted by Crippen LogP contribution is 2.33. The van der Waals surface area contributed by atoms with Crippen LogP contribution >= 0.6 is 11.6 Å². The first-order chi connectivity index (χ1) is 7.41. The van der Waals surface area contributed by atoms with E-state index in [-0.39, 0.29) is 21.0 Å². The predicted molar refractivity (Wildman–Crippen MR) is 63.2 cm³/mol. The van der Waals surface area contributed by atoms with Crippen molar-refractivity contribution in [1.82, 2.24) is 0 Å². The van der Waals surface area contributed by atoms with E-state index in [0.29, 0.717) is 5.39 Å². The first-order valence-corrected chi connectivity index (χ1v) is 6.17. The van der Waals surface area contributed by atoms with Crippen molar-refractivity contribution in [3.05, 3.63) is 35.4 Å². The van der Waals surface area contributed by atoms with E-state index in [1.807, 2.05) is 0 Å². The van der Waals surface area contributed by atoms with E-state index >= 15 is 0 Å². The normalized spacial score (nSPS) is 11.9. The molecular weight excluding hydrogens is 250 g/mol. The second-order valence-electron chi connectivity index (χ2n) is 3.30. The van der Waals surface area contributed by atoms with Gasteiger partial charge in [0.15, 0.2) is 0 Å². The van der Waals surface area contributed by atoms with Crippen LogP contribution in [0.1, 0.15) is 0 Å². The van der Waals surface area contributed by atoms with Gasteiger partial charge in [-0.25, -0.2) is 0 Å². The van der Waals surface area contributed by atoms with Gasteiger partial charge in [0.05, 0.1) is 10.7 Å². The molecule has 0 spiro atoms. The zero-order chi connectivity index (χ0) is 11.9. The summed E-state index contributed by atoms with van der Waals surface area (Å²) in [7, 11) is -4.31. The maximum Gasteiger partial charge on any atom is 0.295 e. The Hall–Kier alpha value is -1.30. The van der Waals surface area contributed by atoms with E-state index in [9.17, 15) is 8.42 Å². The Labute approximate surface area is 97.4 Å². The number of hydrogen-bond donors (Lipinski definition) is 2. The Balaban J connectivity index is 3.02. The van der Waals surface area contributed by atoms with Crippen LogP contribution in [-0.2, 0) is 10.1 Å². The van der Waals surface area contributed by atoms with Crippen molar-refractivity contribution in [2.75, 3.05) is 5.73 Å². The van der Waals surface area contributed by atoms with Crippen molar-refractivity contribution < 1.29 is 13.0 Å². The summed E-state index contributed by atoms with van der Waals surface area (Å²) in [5.74, 6) is 0. The van der Waals surface area contributed by atoms with Gasteiger partial charge in [0.1, 0.15) is 4.90 Å². The fourth-order valence-corrected chi connectivity index (χ4v) is 2.59. The molecule has 0 atom stereocenters. The van der Waals surface area contributed by atoms with E-state index in [0.717, 1.165) is 0 Å². The molecule has 0 aromatic heterocycles. The number of halogens is 1. The number of nitrogen functional groups attached to an aromatic ring is 1. The minimum absolute atomic E-state index is 0.130. The van der Waals surface area contributed by atoms with Crippen LogP contribution in [0.5, 0.6) is 0 Å². The zero-order valence-corrected chi connectivity index (χ0v) is 9.59. The van der Waals surface area contributed by atoms with Gasteiger partial charge in [-0.05, 0) is 17.5 Å². The largest absolute Gasteiger partial charge is 0.398 e. The third-order valence-electron chi connectivity index (χ3n) is 2.25. The SMILES string of the molecule is Nc1ccc2cccc(S(=O)(=O)O)c2c1Cl. The second-order valence-corrected chi connectivity index (χ2v) is 5.07. The lowest BCUT2D eigenvalue weighted by molar-refractivity contribution is 0.484. The van der Waals surface area contributed by atoms with Crippen LogP contribution in [0.15, 0.2) is 35.2 Å². The van der Waals surface area contributed by atoms with Gasteiger partial charge in [0.2, 0.25) is 0 Å². The van der Waals surface area contributed by atoms with E-state index in [2.05, 4.69) is 0 Å². The number of anilines is 1. The van der Waals surface area contributed by atoms with Crippen LogP contribution in [0, 0.1) is 0 Å². The molecule has 2 aromatic rings. The van der Waals surface area contributed by atoms with Crippen LogP contribution in [-0.4, -0.2) is 13.0 Å². The average molecular weight is 258 g/mol. The first-order valence-electron chi connectivity index (χ1n) is 4.35. The first kappa shape index (κ1) is 11.2. The van der Waals surface area contributed by atoms with Crippen LogP contribution in [0.25, 0.3) is 10.8 Å². The van der Waals surface area contributed by atoms with Crippen LogP contribution in [0.3, 0.4) is 0 Å². The monoisotopic (exact) mass is 257 g/mol. The average Bonchev–Trinajstić information content (AvgIpc) is 2.21. The molecule has 0 aliphatic rings. The third kappa shape index (κ3) is 1.73. The number of benzene rings is 2. The molecule has 0 saturated carbocycles. The van der Waals surface area contributed by atoms with Gasteiger partial charge in [-0.2, -0.15) is 8.42 Å². The standard InChI is InChI=1S/C10H8ClNO3S/c11-10-7(12)5-4-6-2-1-3-8(9(6)10)16(13,14)15/h1-5H,12H2,(H,13,14,15). The number of rotatable bonds is 1. The number of nitrogens with two attached hydrogens (primary N) is 1. The molecule has 0 aliphatic heterocycles. The van der Waals surface area contributed by atoms with E-state index in [1.54, 1.807) is 18.2 Å². The minimum atomic E-state index is -4.31. The topological polar surface area (TPSA) is 80.4 Å². The molecule has 0 heterocycles. The fourth-order valence-electron chi connectivity index (χ4n) is 1.53. The summed E-state index contributed by atoms with van der Waals surface area (Å²) in [5.41, 5.74) is 5.86. The highest BCUT2D eigenvalue weighted by Gasteiger charge is 2.16. The Morgan fingerprint density at radius 2 is 1.88 bits per heavy atom.